The third-order valence-corrected chi connectivity index (χ3v) is 5.71. The smallest absolute Gasteiger partial charge is 0.272 e. The van der Waals surface area contributed by atoms with Crippen molar-refractivity contribution >= 4 is 17.5 Å². The highest BCUT2D eigenvalue weighted by atomic mass is 19.1. The molecule has 29 heavy (non-hydrogen) atoms. The van der Waals surface area contributed by atoms with Crippen molar-refractivity contribution < 1.29 is 9.18 Å². The van der Waals surface area contributed by atoms with E-state index in [1.165, 1.54) is 18.9 Å². The van der Waals surface area contributed by atoms with E-state index in [1.807, 2.05) is 28.9 Å². The summed E-state index contributed by atoms with van der Waals surface area (Å²) in [6, 6.07) is 8.65. The van der Waals surface area contributed by atoms with Gasteiger partial charge in [-0.2, -0.15) is 0 Å². The van der Waals surface area contributed by atoms with Gasteiger partial charge in [-0.05, 0) is 38.0 Å². The summed E-state index contributed by atoms with van der Waals surface area (Å²) in [6.07, 6.45) is 4.48. The van der Waals surface area contributed by atoms with Crippen molar-refractivity contribution in [2.75, 3.05) is 49.1 Å². The molecule has 1 amide bonds. The first-order chi connectivity index (χ1) is 14.1. The van der Waals surface area contributed by atoms with Crippen molar-refractivity contribution in [3.63, 3.8) is 0 Å². The molecule has 154 valence electrons. The van der Waals surface area contributed by atoms with Crippen molar-refractivity contribution in [1.29, 1.82) is 0 Å². The maximum atomic E-state index is 14.1. The van der Waals surface area contributed by atoms with Gasteiger partial charge >= 0.3 is 0 Å². The van der Waals surface area contributed by atoms with Crippen molar-refractivity contribution in [2.45, 2.75) is 32.6 Å². The molecule has 0 saturated carbocycles. The van der Waals surface area contributed by atoms with Gasteiger partial charge in [-0.25, -0.2) is 14.4 Å². The normalized spacial score (nSPS) is 17.9. The number of anilines is 2. The number of halogens is 1. The monoisotopic (exact) mass is 397 g/mol. The Hall–Kier alpha value is -2.70. The van der Waals surface area contributed by atoms with E-state index in [0.29, 0.717) is 43.5 Å². The van der Waals surface area contributed by atoms with Crippen LogP contribution in [0.4, 0.5) is 16.0 Å². The van der Waals surface area contributed by atoms with Crippen molar-refractivity contribution in [3.05, 3.63) is 47.5 Å². The predicted molar refractivity (Wildman–Crippen MR) is 112 cm³/mol. The fourth-order valence-electron chi connectivity index (χ4n) is 4.10. The Kier molecular flexibility index (Phi) is 5.92. The summed E-state index contributed by atoms with van der Waals surface area (Å²) in [5, 5.41) is 0. The maximum absolute atomic E-state index is 14.1. The average Bonchev–Trinajstić information content (AvgIpc) is 3.03. The molecule has 0 bridgehead atoms. The van der Waals surface area contributed by atoms with Crippen LogP contribution in [0.1, 0.15) is 41.9 Å². The number of hydrogen-bond acceptors (Lipinski definition) is 5. The molecular formula is C22H28FN5O. The fourth-order valence-corrected chi connectivity index (χ4v) is 4.10. The number of aromatic nitrogens is 2. The summed E-state index contributed by atoms with van der Waals surface area (Å²) in [5.41, 5.74) is 1.91. The van der Waals surface area contributed by atoms with Gasteiger partial charge in [0.05, 0.1) is 5.69 Å². The van der Waals surface area contributed by atoms with Crippen LogP contribution in [0, 0.1) is 12.7 Å². The van der Waals surface area contributed by atoms with Gasteiger partial charge in [-0.15, -0.1) is 0 Å². The largest absolute Gasteiger partial charge is 0.366 e. The lowest BCUT2D eigenvalue weighted by atomic mass is 10.2. The first kappa shape index (κ1) is 19.6. The molecule has 0 N–H and O–H groups in total. The van der Waals surface area contributed by atoms with E-state index in [1.54, 1.807) is 12.1 Å². The number of nitrogens with zero attached hydrogens (tertiary/aromatic N) is 5. The average molecular weight is 397 g/mol. The number of piperazine rings is 1. The molecule has 2 aliphatic heterocycles. The number of carbonyl (C=O) groups is 1. The van der Waals surface area contributed by atoms with E-state index in [9.17, 15) is 9.18 Å². The van der Waals surface area contributed by atoms with Crippen LogP contribution in [0.25, 0.3) is 0 Å². The molecular weight excluding hydrogens is 369 g/mol. The second-order valence-corrected chi connectivity index (χ2v) is 7.83. The third-order valence-electron chi connectivity index (χ3n) is 5.71. The van der Waals surface area contributed by atoms with Gasteiger partial charge < -0.3 is 14.7 Å². The number of likely N-dealkylation sites (tertiary alicyclic amines) is 1. The predicted octanol–water partition coefficient (Wildman–Crippen LogP) is 3.27. The summed E-state index contributed by atoms with van der Waals surface area (Å²) < 4.78 is 14.1. The highest BCUT2D eigenvalue weighted by Gasteiger charge is 2.24. The fraction of sp³-hybridized carbons (Fsp3) is 0.500. The zero-order chi connectivity index (χ0) is 20.2. The molecule has 6 nitrogen and oxygen atoms in total. The van der Waals surface area contributed by atoms with Gasteiger partial charge in [0.15, 0.2) is 0 Å². The Balaban J connectivity index is 1.47. The second kappa shape index (κ2) is 8.76. The lowest BCUT2D eigenvalue weighted by Crippen LogP contribution is -2.47. The van der Waals surface area contributed by atoms with Gasteiger partial charge in [0, 0.05) is 45.0 Å². The second-order valence-electron chi connectivity index (χ2n) is 7.83. The minimum Gasteiger partial charge on any atom is -0.366 e. The van der Waals surface area contributed by atoms with Crippen molar-refractivity contribution in [1.82, 2.24) is 14.9 Å². The Bertz CT molecular complexity index is 858. The SMILES string of the molecule is Cc1cc(C(=O)N2CCCCCC2)nc(N2CCN(c3ccccc3F)CC2)n1. The first-order valence-corrected chi connectivity index (χ1v) is 10.5. The Morgan fingerprint density at radius 2 is 1.55 bits per heavy atom. The maximum Gasteiger partial charge on any atom is 0.272 e. The molecule has 0 unspecified atom stereocenters. The third kappa shape index (κ3) is 4.49. The van der Waals surface area contributed by atoms with Crippen LogP contribution in [0.2, 0.25) is 0 Å². The van der Waals surface area contributed by atoms with Crippen LogP contribution in [-0.2, 0) is 0 Å². The molecule has 1 aromatic heterocycles. The number of benzene rings is 1. The number of hydrogen-bond donors (Lipinski definition) is 0. The van der Waals surface area contributed by atoms with Gasteiger partial charge in [0.2, 0.25) is 5.95 Å². The minimum atomic E-state index is -0.196. The Labute approximate surface area is 171 Å². The first-order valence-electron chi connectivity index (χ1n) is 10.5. The van der Waals surface area contributed by atoms with Crippen LogP contribution >= 0.6 is 0 Å². The lowest BCUT2D eigenvalue weighted by molar-refractivity contribution is 0.0755. The van der Waals surface area contributed by atoms with E-state index in [4.69, 9.17) is 0 Å². The number of rotatable bonds is 3. The molecule has 3 heterocycles. The number of amides is 1. The molecule has 0 radical (unpaired) electrons. The van der Waals surface area contributed by atoms with Crippen LogP contribution in [0.3, 0.4) is 0 Å². The van der Waals surface area contributed by atoms with Crippen molar-refractivity contribution in [2.24, 2.45) is 0 Å². The molecule has 1 aromatic carbocycles. The van der Waals surface area contributed by atoms with Gasteiger partial charge in [0.1, 0.15) is 11.5 Å². The molecule has 7 heteroatoms. The standard InChI is InChI=1S/C22H28FN5O/c1-17-16-19(21(29)27-10-6-2-3-7-11-27)25-22(24-17)28-14-12-26(13-15-28)20-9-5-4-8-18(20)23/h4-5,8-9,16H,2-3,6-7,10-15H2,1H3. The van der Waals surface area contributed by atoms with E-state index in [2.05, 4.69) is 14.9 Å². The Morgan fingerprint density at radius 3 is 2.24 bits per heavy atom. The molecule has 2 aromatic rings. The molecule has 4 rings (SSSR count). The minimum absolute atomic E-state index is 0.00337. The molecule has 2 fully saturated rings. The number of aryl methyl sites for hydroxylation is 1. The van der Waals surface area contributed by atoms with Crippen LogP contribution < -0.4 is 9.80 Å². The summed E-state index contributed by atoms with van der Waals surface area (Å²) >= 11 is 0. The highest BCUT2D eigenvalue weighted by molar-refractivity contribution is 5.92. The topological polar surface area (TPSA) is 52.6 Å². The van der Waals surface area contributed by atoms with Gasteiger partial charge in [-0.3, -0.25) is 4.79 Å². The van der Waals surface area contributed by atoms with Crippen LogP contribution in [-0.4, -0.2) is 60.0 Å². The van der Waals surface area contributed by atoms with E-state index in [-0.39, 0.29) is 11.7 Å². The number of para-hydroxylation sites is 1. The van der Waals surface area contributed by atoms with Gasteiger partial charge in [-0.1, -0.05) is 25.0 Å². The summed E-state index contributed by atoms with van der Waals surface area (Å²) in [5.74, 6) is 0.401. The molecule has 0 aliphatic carbocycles. The van der Waals surface area contributed by atoms with E-state index >= 15 is 0 Å². The lowest BCUT2D eigenvalue weighted by Gasteiger charge is -2.36. The van der Waals surface area contributed by atoms with Crippen LogP contribution in [0.15, 0.2) is 30.3 Å². The van der Waals surface area contributed by atoms with E-state index in [0.717, 1.165) is 31.6 Å². The summed E-state index contributed by atoms with van der Waals surface area (Å²) in [4.78, 5) is 28.2. The quantitative estimate of drug-likeness (QED) is 0.796. The highest BCUT2D eigenvalue weighted by Crippen LogP contribution is 2.22. The molecule has 0 atom stereocenters. The van der Waals surface area contributed by atoms with E-state index < -0.39 is 0 Å². The summed E-state index contributed by atoms with van der Waals surface area (Å²) in [6.45, 7) is 6.27. The summed E-state index contributed by atoms with van der Waals surface area (Å²) in [7, 11) is 0. The zero-order valence-electron chi connectivity index (χ0n) is 17.0. The molecule has 2 aliphatic rings. The zero-order valence-corrected chi connectivity index (χ0v) is 17.0. The number of carbonyl (C=O) groups excluding carboxylic acids is 1. The van der Waals surface area contributed by atoms with Gasteiger partial charge in [0.25, 0.3) is 5.91 Å². The molecule has 0 spiro atoms. The Morgan fingerprint density at radius 1 is 0.897 bits per heavy atom. The van der Waals surface area contributed by atoms with Crippen LogP contribution in [0.5, 0.6) is 0 Å². The molecule has 2 saturated heterocycles. The van der Waals surface area contributed by atoms with Crippen molar-refractivity contribution in [3.8, 4) is 0 Å².